The van der Waals surface area contributed by atoms with Crippen molar-refractivity contribution in [3.8, 4) is 0 Å². The second-order valence-electron chi connectivity index (χ2n) is 17.8. The van der Waals surface area contributed by atoms with Crippen molar-refractivity contribution < 1.29 is 27.9 Å². The van der Waals surface area contributed by atoms with Gasteiger partial charge in [0.15, 0.2) is 0 Å². The minimum atomic E-state index is -3.15. The lowest BCUT2D eigenvalue weighted by molar-refractivity contribution is -0.108. The number of likely N-dealkylation sites (N-methyl/N-ethyl adjacent to an activating group) is 1. The van der Waals surface area contributed by atoms with E-state index in [0.717, 1.165) is 105 Å². The van der Waals surface area contributed by atoms with Gasteiger partial charge in [0.05, 0.1) is 18.4 Å². The average molecular weight is 888 g/mol. The van der Waals surface area contributed by atoms with E-state index in [2.05, 4.69) is 61.3 Å². The van der Waals surface area contributed by atoms with Crippen molar-refractivity contribution in [2.24, 2.45) is 7.05 Å². The summed E-state index contributed by atoms with van der Waals surface area (Å²) in [5, 5.41) is 8.08. The number of halogens is 2. The Balaban J connectivity index is 0.796. The van der Waals surface area contributed by atoms with Crippen LogP contribution < -0.4 is 14.7 Å². The van der Waals surface area contributed by atoms with Crippen LogP contribution in [0.25, 0.3) is 0 Å². The number of hydrogen-bond acceptors (Lipinski definition) is 10. The topological polar surface area (TPSA) is 111 Å². The number of aldehydes is 1. The predicted octanol–water partition coefficient (Wildman–Crippen LogP) is 6.95. The first kappa shape index (κ1) is 45.4. The van der Waals surface area contributed by atoms with Gasteiger partial charge < -0.3 is 33.7 Å². The molecule has 0 saturated carbocycles. The fourth-order valence-electron chi connectivity index (χ4n) is 9.26. The molecule has 0 radical (unpaired) electrons. The van der Waals surface area contributed by atoms with Crippen LogP contribution in [0, 0.1) is 0 Å². The Hall–Kier alpha value is -6.19. The summed E-state index contributed by atoms with van der Waals surface area (Å²) in [4.78, 5) is 48.2. The lowest BCUT2D eigenvalue weighted by Crippen LogP contribution is -2.46. The number of carbonyl (C=O) groups excluding carboxylic acids is 3. The molecule has 0 bridgehead atoms. The summed E-state index contributed by atoms with van der Waals surface area (Å²) in [5.41, 5.74) is 7.62. The first-order valence-electron chi connectivity index (χ1n) is 22.6. The first-order valence-corrected chi connectivity index (χ1v) is 22.6. The number of carbonyl (C=O) groups is 3. The maximum atomic E-state index is 15.3. The number of rotatable bonds is 17. The van der Waals surface area contributed by atoms with Crippen molar-refractivity contribution in [2.45, 2.75) is 77.2 Å². The molecule has 0 spiro atoms. The zero-order valence-corrected chi connectivity index (χ0v) is 37.8. The molecule has 3 aromatic carbocycles. The fraction of sp³-hybridized carbons (Fsp3) is 0.420. The highest BCUT2D eigenvalue weighted by Crippen LogP contribution is 2.37. The number of hydrogen-bond donors (Lipinski definition) is 0. The molecule has 0 aliphatic carbocycles. The molecule has 2 saturated heterocycles. The minimum absolute atomic E-state index is 0.0289. The molecule has 342 valence electrons. The van der Waals surface area contributed by atoms with Crippen LogP contribution in [0.4, 0.5) is 25.8 Å². The van der Waals surface area contributed by atoms with Crippen molar-refractivity contribution in [1.82, 2.24) is 29.5 Å². The molecule has 4 aromatic rings. The third-order valence-electron chi connectivity index (χ3n) is 13.1. The van der Waals surface area contributed by atoms with E-state index in [0.29, 0.717) is 51.1 Å². The number of nitrogens with zero attached hydrogens (tertiary/aromatic N) is 9. The van der Waals surface area contributed by atoms with Gasteiger partial charge in [-0.05, 0) is 97.0 Å². The van der Waals surface area contributed by atoms with Crippen LogP contribution in [0.15, 0.2) is 108 Å². The fourth-order valence-corrected chi connectivity index (χ4v) is 9.26. The molecule has 1 aromatic heterocycles. The number of likely N-dealkylation sites (tertiary alicyclic amines) is 1. The van der Waals surface area contributed by atoms with Gasteiger partial charge in [0, 0.05) is 133 Å². The second-order valence-corrected chi connectivity index (χ2v) is 17.8. The number of anilines is 3. The zero-order valence-electron chi connectivity index (χ0n) is 37.8. The van der Waals surface area contributed by atoms with E-state index in [-0.39, 0.29) is 29.3 Å². The van der Waals surface area contributed by atoms with E-state index < -0.39 is 5.92 Å². The number of fused-ring (bicyclic) bond motifs is 1. The molecular formula is C50H59F2N9O4. The smallest absolute Gasteiger partial charge is 0.272 e. The molecule has 0 N–H and O–H groups in total. The number of piperazine rings is 1. The first-order chi connectivity index (χ1) is 31.4. The van der Waals surface area contributed by atoms with Crippen molar-refractivity contribution in [2.75, 3.05) is 67.6 Å². The third-order valence-corrected chi connectivity index (χ3v) is 13.1. The zero-order chi connectivity index (χ0) is 45.7. The molecule has 8 rings (SSSR count). The van der Waals surface area contributed by atoms with E-state index in [9.17, 15) is 14.4 Å². The molecule has 13 nitrogen and oxygen atoms in total. The van der Waals surface area contributed by atoms with Gasteiger partial charge in [0.25, 0.3) is 11.8 Å². The number of amides is 2. The van der Waals surface area contributed by atoms with Crippen molar-refractivity contribution in [3.63, 3.8) is 0 Å². The summed E-state index contributed by atoms with van der Waals surface area (Å²) in [5.74, 6) is -2.33. The summed E-state index contributed by atoms with van der Waals surface area (Å²) in [7, 11) is 3.60. The van der Waals surface area contributed by atoms with E-state index in [1.165, 1.54) is 16.8 Å². The maximum absolute atomic E-state index is 15.3. The summed E-state index contributed by atoms with van der Waals surface area (Å²) in [6.45, 7) is 9.68. The van der Waals surface area contributed by atoms with Crippen LogP contribution in [0.3, 0.4) is 0 Å². The largest absolute Gasteiger partial charge is 0.373 e. The summed E-state index contributed by atoms with van der Waals surface area (Å²) >= 11 is 0. The van der Waals surface area contributed by atoms with Crippen LogP contribution in [-0.2, 0) is 40.9 Å². The van der Waals surface area contributed by atoms with Gasteiger partial charge in [0.1, 0.15) is 18.4 Å². The van der Waals surface area contributed by atoms with Crippen LogP contribution in [0.5, 0.6) is 0 Å². The van der Waals surface area contributed by atoms with Gasteiger partial charge >= 0.3 is 0 Å². The minimum Gasteiger partial charge on any atom is -0.373 e. The number of aromatic nitrogens is 3. The standard InChI is InChI=1S/C50H59F2N9O4/c1-36(7-6-24-62)61-31-40-28-43(14-15-45(40)49(61)64)59-22-20-58(21-23-59)41-12-10-37(11-13-41)33-65-44-16-18-57(19-17-44)30-39-26-46(50(2,51)52)47(55(3)29-39)32-60(35-63)42-9-5-8-38(25-42)27-48-54-53-34-56(48)4/h5,8-15,24-26,28-29,32,34-36,44H,6-7,16-23,27,30-31,33H2,1-4H3/b47-32-. The Bertz CT molecular complexity index is 2430. The molecule has 5 heterocycles. The highest BCUT2D eigenvalue weighted by molar-refractivity contribution is 5.99. The van der Waals surface area contributed by atoms with E-state index in [1.54, 1.807) is 30.4 Å². The van der Waals surface area contributed by atoms with Gasteiger partial charge in [-0.1, -0.05) is 24.3 Å². The van der Waals surface area contributed by atoms with Gasteiger partial charge in [0.2, 0.25) is 6.41 Å². The molecule has 4 aliphatic rings. The molecular weight excluding hydrogens is 829 g/mol. The lowest BCUT2D eigenvalue weighted by Gasteiger charge is -2.37. The van der Waals surface area contributed by atoms with E-state index in [4.69, 9.17) is 4.74 Å². The Labute approximate surface area is 380 Å². The number of ether oxygens (including phenoxy) is 1. The summed E-state index contributed by atoms with van der Waals surface area (Å²) < 4.78 is 38.8. The third kappa shape index (κ3) is 10.7. The number of alkyl halides is 2. The van der Waals surface area contributed by atoms with Crippen LogP contribution >= 0.6 is 0 Å². The highest BCUT2D eigenvalue weighted by atomic mass is 19.3. The Kier molecular flexibility index (Phi) is 13.9. The van der Waals surface area contributed by atoms with Crippen LogP contribution in [0.1, 0.15) is 72.4 Å². The quantitative estimate of drug-likeness (QED) is 0.103. The molecule has 1 atom stereocenters. The monoisotopic (exact) mass is 887 g/mol. The van der Waals surface area contributed by atoms with Gasteiger partial charge in [-0.3, -0.25) is 19.4 Å². The van der Waals surface area contributed by atoms with Crippen molar-refractivity contribution >= 4 is 35.7 Å². The van der Waals surface area contributed by atoms with Crippen molar-refractivity contribution in [1.29, 1.82) is 0 Å². The summed E-state index contributed by atoms with van der Waals surface area (Å²) in [6.07, 6.45) is 11.5. The Morgan fingerprint density at radius 2 is 1.65 bits per heavy atom. The second kappa shape index (κ2) is 19.9. The van der Waals surface area contributed by atoms with Crippen molar-refractivity contribution in [3.05, 3.63) is 136 Å². The number of allylic oxidation sites excluding steroid dienone is 1. The van der Waals surface area contributed by atoms with Gasteiger partial charge in [-0.25, -0.2) is 8.78 Å². The molecule has 4 aliphatic heterocycles. The van der Waals surface area contributed by atoms with Gasteiger partial charge in [-0.15, -0.1) is 10.2 Å². The normalized spacial score (nSPS) is 18.5. The predicted molar refractivity (Wildman–Crippen MR) is 248 cm³/mol. The maximum Gasteiger partial charge on any atom is 0.272 e. The van der Waals surface area contributed by atoms with Crippen LogP contribution in [0.2, 0.25) is 0 Å². The summed E-state index contributed by atoms with van der Waals surface area (Å²) in [6, 6.07) is 22.2. The Morgan fingerprint density at radius 1 is 0.923 bits per heavy atom. The molecule has 15 heteroatoms. The lowest BCUT2D eigenvalue weighted by atomic mass is 9.98. The number of piperidine rings is 1. The van der Waals surface area contributed by atoms with Gasteiger partial charge in [-0.2, -0.15) is 0 Å². The van der Waals surface area contributed by atoms with Crippen LogP contribution in [-0.4, -0.2) is 119 Å². The molecule has 2 fully saturated rings. The highest BCUT2D eigenvalue weighted by Gasteiger charge is 2.35. The SMILES string of the molecule is CC(CCC=O)N1Cc2cc(N3CCN(c4ccc(COC5CCN(CC6=CN(C)/C(=C\N(C=O)c7cccc(Cc8nncn8C)c7)C(C(C)(F)F)=C6)CC5)cc4)CC3)ccc2C1=O. The Morgan fingerprint density at radius 3 is 2.32 bits per heavy atom. The molecule has 65 heavy (non-hydrogen) atoms. The van der Waals surface area contributed by atoms with E-state index >= 15 is 8.78 Å². The molecule has 2 amide bonds. The number of aryl methyl sites for hydroxylation is 1. The van der Waals surface area contributed by atoms with E-state index in [1.807, 2.05) is 53.9 Å². The molecule has 1 unspecified atom stereocenters. The average Bonchev–Trinajstić information content (AvgIpc) is 3.87. The number of benzene rings is 3.